The van der Waals surface area contributed by atoms with Crippen LogP contribution in [0.15, 0.2) is 0 Å². The van der Waals surface area contributed by atoms with Crippen LogP contribution in [-0.4, -0.2) is 29.4 Å². The molecule has 0 aliphatic heterocycles. The Hall–Kier alpha value is -0.130. The summed E-state index contributed by atoms with van der Waals surface area (Å²) in [4.78, 5) is 0. The average molecular weight is 224 g/mol. The van der Waals surface area contributed by atoms with Crippen molar-refractivity contribution in [2.45, 2.75) is 57.3 Å². The van der Waals surface area contributed by atoms with Crippen molar-refractivity contribution >= 4 is 10.1 Å². The van der Waals surface area contributed by atoms with Crippen molar-refractivity contribution < 1.29 is 18.1 Å². The summed E-state index contributed by atoms with van der Waals surface area (Å²) in [5.74, 6) is 0. The number of rotatable bonds is 7. The van der Waals surface area contributed by atoms with E-state index in [2.05, 4.69) is 0 Å². The van der Waals surface area contributed by atoms with E-state index in [1.165, 1.54) is 0 Å². The van der Waals surface area contributed by atoms with Crippen LogP contribution in [-0.2, 0) is 10.1 Å². The molecule has 0 fully saturated rings. The SMILES string of the molecule is CCCC(CCCC(C)O)S(=O)(=O)O. The second-order valence-corrected chi connectivity index (χ2v) is 5.40. The van der Waals surface area contributed by atoms with Gasteiger partial charge in [-0.15, -0.1) is 0 Å². The molecule has 2 atom stereocenters. The topological polar surface area (TPSA) is 74.6 Å². The monoisotopic (exact) mass is 224 g/mol. The Balaban J connectivity index is 3.99. The van der Waals surface area contributed by atoms with Crippen LogP contribution >= 0.6 is 0 Å². The van der Waals surface area contributed by atoms with Gasteiger partial charge in [0.1, 0.15) is 0 Å². The molecule has 0 saturated carbocycles. The fourth-order valence-electron chi connectivity index (χ4n) is 1.41. The van der Waals surface area contributed by atoms with Gasteiger partial charge >= 0.3 is 0 Å². The molecule has 0 spiro atoms. The molecular formula is C9H20O4S. The van der Waals surface area contributed by atoms with Gasteiger partial charge in [-0.2, -0.15) is 8.42 Å². The van der Waals surface area contributed by atoms with E-state index >= 15 is 0 Å². The van der Waals surface area contributed by atoms with Crippen LogP contribution in [0.2, 0.25) is 0 Å². The van der Waals surface area contributed by atoms with Crippen LogP contribution in [0.1, 0.15) is 46.0 Å². The molecule has 86 valence electrons. The van der Waals surface area contributed by atoms with Crippen LogP contribution in [0.25, 0.3) is 0 Å². The zero-order valence-electron chi connectivity index (χ0n) is 8.81. The van der Waals surface area contributed by atoms with Crippen LogP contribution in [0.3, 0.4) is 0 Å². The van der Waals surface area contributed by atoms with Crippen LogP contribution < -0.4 is 0 Å². The van der Waals surface area contributed by atoms with Gasteiger partial charge in [0.2, 0.25) is 0 Å². The third-order valence-electron chi connectivity index (χ3n) is 2.18. The summed E-state index contributed by atoms with van der Waals surface area (Å²) in [6, 6.07) is 0. The van der Waals surface area contributed by atoms with Gasteiger partial charge in [-0.1, -0.05) is 13.3 Å². The molecule has 0 aromatic carbocycles. The highest BCUT2D eigenvalue weighted by atomic mass is 32.2. The zero-order valence-corrected chi connectivity index (χ0v) is 9.63. The Morgan fingerprint density at radius 2 is 1.79 bits per heavy atom. The molecule has 0 amide bonds. The molecule has 0 rings (SSSR count). The number of aliphatic hydroxyl groups is 1. The molecule has 2 N–H and O–H groups in total. The molecule has 0 aliphatic rings. The minimum atomic E-state index is -3.91. The summed E-state index contributed by atoms with van der Waals surface area (Å²) < 4.78 is 30.7. The first kappa shape index (κ1) is 13.9. The van der Waals surface area contributed by atoms with Gasteiger partial charge in [0, 0.05) is 0 Å². The van der Waals surface area contributed by atoms with E-state index in [0.717, 1.165) is 6.42 Å². The molecule has 0 aromatic heterocycles. The van der Waals surface area contributed by atoms with Gasteiger partial charge in [0.25, 0.3) is 10.1 Å². The fraction of sp³-hybridized carbons (Fsp3) is 1.00. The second-order valence-electron chi connectivity index (χ2n) is 3.71. The zero-order chi connectivity index (χ0) is 11.2. The van der Waals surface area contributed by atoms with E-state index in [1.54, 1.807) is 6.92 Å². The summed E-state index contributed by atoms with van der Waals surface area (Å²) in [6.07, 6.45) is 2.45. The lowest BCUT2D eigenvalue weighted by molar-refractivity contribution is 0.180. The lowest BCUT2D eigenvalue weighted by atomic mass is 10.1. The molecular weight excluding hydrogens is 204 g/mol. The lowest BCUT2D eigenvalue weighted by Crippen LogP contribution is -2.20. The maximum Gasteiger partial charge on any atom is 0.267 e. The Morgan fingerprint density at radius 1 is 1.21 bits per heavy atom. The lowest BCUT2D eigenvalue weighted by Gasteiger charge is -2.12. The molecule has 4 nitrogen and oxygen atoms in total. The third kappa shape index (κ3) is 6.34. The quantitative estimate of drug-likeness (QED) is 0.644. The standard InChI is InChI=1S/C9H20O4S/c1-3-5-9(14(11,12)13)7-4-6-8(2)10/h8-10H,3-7H2,1-2H3,(H,11,12,13). The van der Waals surface area contributed by atoms with Gasteiger partial charge in [-0.3, -0.25) is 4.55 Å². The Kier molecular flexibility index (Phi) is 6.31. The first-order valence-corrected chi connectivity index (χ1v) is 6.52. The van der Waals surface area contributed by atoms with Crippen molar-refractivity contribution in [1.29, 1.82) is 0 Å². The first-order chi connectivity index (χ1) is 6.38. The minimum Gasteiger partial charge on any atom is -0.393 e. The highest BCUT2D eigenvalue weighted by Gasteiger charge is 2.21. The van der Waals surface area contributed by atoms with Crippen molar-refractivity contribution in [3.63, 3.8) is 0 Å². The number of aliphatic hydroxyl groups excluding tert-OH is 1. The molecule has 0 aromatic rings. The normalized spacial score (nSPS) is 16.6. The third-order valence-corrected chi connectivity index (χ3v) is 3.49. The maximum absolute atomic E-state index is 10.9. The summed E-state index contributed by atoms with van der Waals surface area (Å²) in [7, 11) is -3.91. The minimum absolute atomic E-state index is 0.404. The highest BCUT2D eigenvalue weighted by molar-refractivity contribution is 7.86. The van der Waals surface area contributed by atoms with E-state index in [9.17, 15) is 8.42 Å². The smallest absolute Gasteiger partial charge is 0.267 e. The molecule has 0 radical (unpaired) electrons. The molecule has 5 heteroatoms. The van der Waals surface area contributed by atoms with Crippen LogP contribution in [0.5, 0.6) is 0 Å². The van der Waals surface area contributed by atoms with Gasteiger partial charge in [-0.25, -0.2) is 0 Å². The van der Waals surface area contributed by atoms with Crippen molar-refractivity contribution in [3.05, 3.63) is 0 Å². The van der Waals surface area contributed by atoms with E-state index in [-0.39, 0.29) is 0 Å². The Bertz CT molecular complexity index is 233. The Morgan fingerprint density at radius 3 is 2.14 bits per heavy atom. The molecule has 0 bridgehead atoms. The Labute approximate surface area is 86.1 Å². The average Bonchev–Trinajstić information content (AvgIpc) is 2.00. The van der Waals surface area contributed by atoms with Crippen molar-refractivity contribution in [3.8, 4) is 0 Å². The predicted molar refractivity (Wildman–Crippen MR) is 55.8 cm³/mol. The van der Waals surface area contributed by atoms with Gasteiger partial charge in [0.05, 0.1) is 11.4 Å². The summed E-state index contributed by atoms with van der Waals surface area (Å²) in [5.41, 5.74) is 0. The van der Waals surface area contributed by atoms with Crippen molar-refractivity contribution in [2.24, 2.45) is 0 Å². The van der Waals surface area contributed by atoms with E-state index in [0.29, 0.717) is 25.7 Å². The highest BCUT2D eigenvalue weighted by Crippen LogP contribution is 2.15. The molecule has 0 aliphatic carbocycles. The molecule has 0 heterocycles. The summed E-state index contributed by atoms with van der Waals surface area (Å²) >= 11 is 0. The first-order valence-electron chi connectivity index (χ1n) is 5.02. The number of hydrogen-bond acceptors (Lipinski definition) is 3. The predicted octanol–water partition coefficient (Wildman–Crippen LogP) is 1.59. The number of hydrogen-bond donors (Lipinski definition) is 2. The van der Waals surface area contributed by atoms with Crippen molar-refractivity contribution in [1.82, 2.24) is 0 Å². The fourth-order valence-corrected chi connectivity index (χ4v) is 2.40. The maximum atomic E-state index is 10.9. The van der Waals surface area contributed by atoms with Crippen LogP contribution in [0, 0.1) is 0 Å². The van der Waals surface area contributed by atoms with E-state index < -0.39 is 21.5 Å². The van der Waals surface area contributed by atoms with Gasteiger partial charge in [0.15, 0.2) is 0 Å². The van der Waals surface area contributed by atoms with E-state index in [4.69, 9.17) is 9.66 Å². The van der Waals surface area contributed by atoms with Gasteiger partial charge < -0.3 is 5.11 Å². The molecule has 2 unspecified atom stereocenters. The van der Waals surface area contributed by atoms with Gasteiger partial charge in [-0.05, 0) is 32.6 Å². The second kappa shape index (κ2) is 6.37. The largest absolute Gasteiger partial charge is 0.393 e. The van der Waals surface area contributed by atoms with E-state index in [1.807, 2.05) is 6.92 Å². The summed E-state index contributed by atoms with van der Waals surface area (Å²) in [6.45, 7) is 3.55. The van der Waals surface area contributed by atoms with Crippen LogP contribution in [0.4, 0.5) is 0 Å². The van der Waals surface area contributed by atoms with Crippen molar-refractivity contribution in [2.75, 3.05) is 0 Å². The molecule has 0 saturated heterocycles. The molecule has 14 heavy (non-hydrogen) atoms. The summed E-state index contributed by atoms with van der Waals surface area (Å²) in [5, 5.41) is 8.33.